The lowest BCUT2D eigenvalue weighted by Gasteiger charge is -2.11. The van der Waals surface area contributed by atoms with Crippen LogP contribution in [0.15, 0.2) is 10.3 Å². The summed E-state index contributed by atoms with van der Waals surface area (Å²) in [5.41, 5.74) is 7.92. The third-order valence-electron chi connectivity index (χ3n) is 1.05. The van der Waals surface area contributed by atoms with Gasteiger partial charge in [0.15, 0.2) is 6.17 Å². The summed E-state index contributed by atoms with van der Waals surface area (Å²) >= 11 is 0. The highest BCUT2D eigenvalue weighted by atomic mass is 15.8. The Bertz CT molecular complexity index is 99.8. The van der Waals surface area contributed by atoms with Gasteiger partial charge in [-0.15, -0.1) is 5.11 Å². The summed E-state index contributed by atoms with van der Waals surface area (Å²) in [6, 6.07) is 0. The van der Waals surface area contributed by atoms with Crippen LogP contribution >= 0.6 is 0 Å². The van der Waals surface area contributed by atoms with Crippen LogP contribution in [0.4, 0.5) is 0 Å². The van der Waals surface area contributed by atoms with Crippen LogP contribution in [0.25, 0.3) is 0 Å². The minimum absolute atomic E-state index is 0.0231. The number of nitrogens with two attached hydrogens (primary N) is 1. The van der Waals surface area contributed by atoms with Crippen molar-refractivity contribution in [2.75, 3.05) is 13.6 Å². The lowest BCUT2D eigenvalue weighted by Crippen LogP contribution is -2.37. The van der Waals surface area contributed by atoms with E-state index >= 15 is 0 Å². The smallest absolute Gasteiger partial charge is 0.155 e. The van der Waals surface area contributed by atoms with Crippen molar-refractivity contribution in [1.82, 2.24) is 10.5 Å². The number of rotatable bonds is 1. The largest absolute Gasteiger partial charge is 0.327 e. The first-order valence-corrected chi connectivity index (χ1v) is 2.43. The Morgan fingerprint density at radius 2 is 2.62 bits per heavy atom. The van der Waals surface area contributed by atoms with Crippen molar-refractivity contribution in [2.24, 2.45) is 16.1 Å². The summed E-state index contributed by atoms with van der Waals surface area (Å²) in [6.45, 7) is 0.507. The molecule has 3 N–H and O–H groups in total. The maximum Gasteiger partial charge on any atom is 0.155 e. The van der Waals surface area contributed by atoms with Gasteiger partial charge in [-0.1, -0.05) is 5.22 Å². The molecule has 1 heterocycles. The number of hydrogen-bond donors (Lipinski definition) is 2. The Balaban J connectivity index is 2.41. The van der Waals surface area contributed by atoms with E-state index in [1.165, 1.54) is 0 Å². The maximum absolute atomic E-state index is 5.29. The van der Waals surface area contributed by atoms with Crippen molar-refractivity contribution in [2.45, 2.75) is 6.17 Å². The van der Waals surface area contributed by atoms with Crippen LogP contribution in [0.3, 0.4) is 0 Å². The van der Waals surface area contributed by atoms with E-state index in [1.807, 2.05) is 7.05 Å². The summed E-state index contributed by atoms with van der Waals surface area (Å²) < 4.78 is 0. The van der Waals surface area contributed by atoms with Gasteiger partial charge in [-0.2, -0.15) is 5.01 Å². The van der Waals surface area contributed by atoms with Crippen LogP contribution in [0.5, 0.6) is 0 Å². The topological polar surface area (TPSA) is 66.0 Å². The highest BCUT2D eigenvalue weighted by Crippen LogP contribution is 1.98. The van der Waals surface area contributed by atoms with Crippen molar-refractivity contribution in [3.05, 3.63) is 0 Å². The normalized spacial score (nSPS) is 28.5. The Hall–Kier alpha value is -0.680. The zero-order valence-corrected chi connectivity index (χ0v) is 4.70. The molecule has 1 unspecified atom stereocenters. The minimum Gasteiger partial charge on any atom is -0.327 e. The number of nitrogens with one attached hydrogen (secondary N) is 1. The zero-order valence-electron chi connectivity index (χ0n) is 4.70. The van der Waals surface area contributed by atoms with Gasteiger partial charge in [0.05, 0.1) is 0 Å². The molecule has 0 aliphatic carbocycles. The van der Waals surface area contributed by atoms with Gasteiger partial charge in [0, 0.05) is 13.6 Å². The average molecular weight is 115 g/mol. The van der Waals surface area contributed by atoms with Crippen LogP contribution in [0.2, 0.25) is 0 Å². The Labute approximate surface area is 47.5 Å². The molecule has 46 valence electrons. The van der Waals surface area contributed by atoms with Crippen LogP contribution in [0, 0.1) is 0 Å². The molecule has 1 atom stereocenters. The fourth-order valence-electron chi connectivity index (χ4n) is 0.512. The summed E-state index contributed by atoms with van der Waals surface area (Å²) in [6.07, 6.45) is 0.0231. The van der Waals surface area contributed by atoms with Gasteiger partial charge < -0.3 is 5.73 Å². The molecule has 0 spiro atoms. The van der Waals surface area contributed by atoms with E-state index in [2.05, 4.69) is 15.9 Å². The van der Waals surface area contributed by atoms with Crippen LogP contribution < -0.4 is 11.3 Å². The molecule has 0 aromatic heterocycles. The maximum atomic E-state index is 5.29. The predicted molar refractivity (Wildman–Crippen MR) is 28.6 cm³/mol. The summed E-state index contributed by atoms with van der Waals surface area (Å²) in [5.74, 6) is 0. The highest BCUT2D eigenvalue weighted by molar-refractivity contribution is 4.63. The molecule has 0 aromatic carbocycles. The quantitative estimate of drug-likeness (QED) is 0.465. The molecular formula is C3H9N5. The second kappa shape index (κ2) is 2.06. The Morgan fingerprint density at radius 3 is 2.88 bits per heavy atom. The molecule has 0 bridgehead atoms. The van der Waals surface area contributed by atoms with Gasteiger partial charge in [-0.3, -0.25) is 0 Å². The van der Waals surface area contributed by atoms with Crippen LogP contribution in [-0.2, 0) is 0 Å². The molecule has 5 heteroatoms. The monoisotopic (exact) mass is 115 g/mol. The lowest BCUT2D eigenvalue weighted by molar-refractivity contribution is 0.224. The lowest BCUT2D eigenvalue weighted by atomic mass is 10.5. The van der Waals surface area contributed by atoms with Gasteiger partial charge in [-0.25, -0.2) is 5.53 Å². The molecule has 5 nitrogen and oxygen atoms in total. The zero-order chi connectivity index (χ0) is 5.98. The van der Waals surface area contributed by atoms with Crippen molar-refractivity contribution < 1.29 is 0 Å². The molecular weight excluding hydrogens is 106 g/mol. The molecule has 0 amide bonds. The van der Waals surface area contributed by atoms with Gasteiger partial charge >= 0.3 is 0 Å². The summed E-state index contributed by atoms with van der Waals surface area (Å²) in [7, 11) is 1.84. The van der Waals surface area contributed by atoms with E-state index in [0.717, 1.165) is 0 Å². The number of hydrazine groups is 1. The standard InChI is InChI=1S/C3H9N5/c1-8-3(2-4)5-6-7-8/h3H,2,4H2,1H3,(H,5,7). The number of likely N-dealkylation sites (N-methyl/N-ethyl adjacent to an activating group) is 1. The third-order valence-corrected chi connectivity index (χ3v) is 1.05. The van der Waals surface area contributed by atoms with E-state index in [-0.39, 0.29) is 6.17 Å². The first kappa shape index (κ1) is 5.46. The first-order valence-electron chi connectivity index (χ1n) is 2.43. The molecule has 0 aromatic rings. The molecule has 1 rings (SSSR count). The Kier molecular flexibility index (Phi) is 1.40. The molecule has 0 saturated carbocycles. The highest BCUT2D eigenvalue weighted by Gasteiger charge is 2.14. The number of hydrogen-bond acceptors (Lipinski definition) is 5. The molecule has 0 saturated heterocycles. The SMILES string of the molecule is CN1NN=NC1CN. The summed E-state index contributed by atoms with van der Waals surface area (Å²) in [5, 5.41) is 9.04. The molecule has 1 aliphatic heterocycles. The number of nitrogens with zero attached hydrogens (tertiary/aromatic N) is 3. The van der Waals surface area contributed by atoms with Gasteiger partial charge in [0.1, 0.15) is 0 Å². The summed E-state index contributed by atoms with van der Waals surface area (Å²) in [4.78, 5) is 0. The predicted octanol–water partition coefficient (Wildman–Crippen LogP) is -0.912. The molecule has 1 aliphatic rings. The van der Waals surface area contributed by atoms with E-state index in [0.29, 0.717) is 6.54 Å². The fraction of sp³-hybridized carbons (Fsp3) is 1.00. The van der Waals surface area contributed by atoms with E-state index in [1.54, 1.807) is 5.01 Å². The third kappa shape index (κ3) is 0.775. The second-order valence-electron chi connectivity index (χ2n) is 1.64. The van der Waals surface area contributed by atoms with Crippen LogP contribution in [-0.4, -0.2) is 24.8 Å². The second-order valence-corrected chi connectivity index (χ2v) is 1.64. The van der Waals surface area contributed by atoms with Gasteiger partial charge in [0.25, 0.3) is 0 Å². The fourth-order valence-corrected chi connectivity index (χ4v) is 0.512. The molecule has 0 radical (unpaired) electrons. The van der Waals surface area contributed by atoms with Crippen molar-refractivity contribution in [3.8, 4) is 0 Å². The van der Waals surface area contributed by atoms with E-state index in [9.17, 15) is 0 Å². The van der Waals surface area contributed by atoms with Gasteiger partial charge in [0.2, 0.25) is 0 Å². The van der Waals surface area contributed by atoms with Crippen molar-refractivity contribution in [1.29, 1.82) is 0 Å². The molecule has 8 heavy (non-hydrogen) atoms. The van der Waals surface area contributed by atoms with Crippen molar-refractivity contribution in [3.63, 3.8) is 0 Å². The first-order chi connectivity index (χ1) is 3.84. The average Bonchev–Trinajstić information content (AvgIpc) is 2.14. The Morgan fingerprint density at radius 1 is 1.88 bits per heavy atom. The minimum atomic E-state index is 0.0231. The van der Waals surface area contributed by atoms with Crippen LogP contribution in [0.1, 0.15) is 0 Å². The van der Waals surface area contributed by atoms with Gasteiger partial charge in [-0.05, 0) is 0 Å². The molecule has 0 fully saturated rings. The van der Waals surface area contributed by atoms with E-state index < -0.39 is 0 Å². The van der Waals surface area contributed by atoms with E-state index in [4.69, 9.17) is 5.73 Å². The van der Waals surface area contributed by atoms with Crippen molar-refractivity contribution >= 4 is 0 Å².